The molecule has 0 atom stereocenters. The van der Waals surface area contributed by atoms with Crippen molar-refractivity contribution < 1.29 is 13.9 Å². The van der Waals surface area contributed by atoms with Crippen molar-refractivity contribution in [3.8, 4) is 5.75 Å². The third-order valence-electron chi connectivity index (χ3n) is 4.06. The van der Waals surface area contributed by atoms with Gasteiger partial charge in [-0.1, -0.05) is 18.2 Å². The number of carbonyl (C=O) groups excluding carboxylic acids is 1. The number of rotatable bonds is 6. The van der Waals surface area contributed by atoms with Crippen LogP contribution in [0.2, 0.25) is 0 Å². The minimum atomic E-state index is -0.627. The first-order valence-electron chi connectivity index (χ1n) is 8.45. The molecule has 3 aromatic rings. The zero-order chi connectivity index (χ0) is 20.1. The molecule has 0 fully saturated rings. The zero-order valence-corrected chi connectivity index (χ0v) is 15.1. The fraction of sp³-hybridized carbons (Fsp3) is 0.150. The van der Waals surface area contributed by atoms with Gasteiger partial charge in [0.25, 0.3) is 5.56 Å². The van der Waals surface area contributed by atoms with Crippen LogP contribution >= 0.6 is 0 Å². The monoisotopic (exact) mass is 383 g/mol. The normalized spacial score (nSPS) is 10.5. The Labute approximate surface area is 159 Å². The van der Waals surface area contributed by atoms with E-state index in [2.05, 4.69) is 5.32 Å². The van der Waals surface area contributed by atoms with Gasteiger partial charge in [-0.2, -0.15) is 0 Å². The maximum atomic E-state index is 13.0. The van der Waals surface area contributed by atoms with E-state index in [1.807, 2.05) is 0 Å². The molecule has 0 bridgehead atoms. The predicted molar refractivity (Wildman–Crippen MR) is 102 cm³/mol. The molecule has 1 aromatic heterocycles. The lowest BCUT2D eigenvalue weighted by Gasteiger charge is -2.11. The molecule has 0 aliphatic rings. The lowest BCUT2D eigenvalue weighted by Crippen LogP contribution is -2.41. The molecule has 144 valence electrons. The minimum Gasteiger partial charge on any atom is -0.497 e. The molecular formula is C20H18FN3O4. The summed E-state index contributed by atoms with van der Waals surface area (Å²) in [4.78, 5) is 37.0. The first-order chi connectivity index (χ1) is 13.5. The number of hydrogen-bond donors (Lipinski definition) is 1. The second-order valence-corrected chi connectivity index (χ2v) is 6.06. The smallest absolute Gasteiger partial charge is 0.331 e. The Balaban J connectivity index is 1.79. The van der Waals surface area contributed by atoms with Crippen molar-refractivity contribution in [1.82, 2.24) is 9.13 Å². The molecule has 1 N–H and O–H groups in total. The predicted octanol–water partition coefficient (Wildman–Crippen LogP) is 1.84. The second-order valence-electron chi connectivity index (χ2n) is 6.06. The highest BCUT2D eigenvalue weighted by Crippen LogP contribution is 2.16. The maximum absolute atomic E-state index is 13.0. The molecule has 1 heterocycles. The van der Waals surface area contributed by atoms with E-state index >= 15 is 0 Å². The quantitative estimate of drug-likeness (QED) is 0.704. The number of carbonyl (C=O) groups is 1. The van der Waals surface area contributed by atoms with Crippen LogP contribution in [0.1, 0.15) is 5.56 Å². The topological polar surface area (TPSA) is 82.3 Å². The van der Waals surface area contributed by atoms with Crippen LogP contribution in [0.4, 0.5) is 10.1 Å². The maximum Gasteiger partial charge on any atom is 0.331 e. The van der Waals surface area contributed by atoms with Gasteiger partial charge in [-0.15, -0.1) is 0 Å². The summed E-state index contributed by atoms with van der Waals surface area (Å²) in [5, 5.41) is 2.63. The lowest BCUT2D eigenvalue weighted by molar-refractivity contribution is -0.116. The average molecular weight is 383 g/mol. The number of benzene rings is 2. The highest BCUT2D eigenvalue weighted by atomic mass is 19.1. The van der Waals surface area contributed by atoms with Crippen molar-refractivity contribution in [3.63, 3.8) is 0 Å². The summed E-state index contributed by atoms with van der Waals surface area (Å²) < 4.78 is 20.2. The van der Waals surface area contributed by atoms with Crippen LogP contribution in [0.25, 0.3) is 0 Å². The van der Waals surface area contributed by atoms with E-state index in [4.69, 9.17) is 4.74 Å². The Bertz CT molecular complexity index is 1100. The van der Waals surface area contributed by atoms with Crippen LogP contribution in [-0.4, -0.2) is 22.2 Å². The van der Waals surface area contributed by atoms with Crippen molar-refractivity contribution >= 4 is 11.6 Å². The van der Waals surface area contributed by atoms with Gasteiger partial charge in [0.2, 0.25) is 5.91 Å². The summed E-state index contributed by atoms with van der Waals surface area (Å²) in [6.45, 7) is -0.282. The molecule has 8 heteroatoms. The third kappa shape index (κ3) is 4.53. The average Bonchev–Trinajstić information content (AvgIpc) is 2.69. The number of methoxy groups -OCH3 is 1. The number of aromatic nitrogens is 2. The van der Waals surface area contributed by atoms with Gasteiger partial charge in [-0.25, -0.2) is 9.18 Å². The van der Waals surface area contributed by atoms with E-state index in [0.717, 1.165) is 4.57 Å². The molecule has 0 radical (unpaired) electrons. The molecule has 0 aliphatic carbocycles. The Hall–Kier alpha value is -3.68. The van der Waals surface area contributed by atoms with Crippen LogP contribution in [0, 0.1) is 5.82 Å². The van der Waals surface area contributed by atoms with Gasteiger partial charge >= 0.3 is 5.69 Å². The first-order valence-corrected chi connectivity index (χ1v) is 8.45. The molecule has 0 spiro atoms. The van der Waals surface area contributed by atoms with Gasteiger partial charge in [0, 0.05) is 24.0 Å². The van der Waals surface area contributed by atoms with Gasteiger partial charge < -0.3 is 10.1 Å². The molecular weight excluding hydrogens is 365 g/mol. The number of hydrogen-bond acceptors (Lipinski definition) is 4. The molecule has 2 aromatic carbocycles. The molecule has 1 amide bonds. The SMILES string of the molecule is COc1cccc(NC(=O)Cn2c(=O)ccn(Cc3ccc(F)cc3)c2=O)c1. The summed E-state index contributed by atoms with van der Waals surface area (Å²) >= 11 is 0. The van der Waals surface area contributed by atoms with E-state index in [9.17, 15) is 18.8 Å². The van der Waals surface area contributed by atoms with E-state index < -0.39 is 23.7 Å². The molecule has 3 rings (SSSR count). The molecule has 0 saturated heterocycles. The van der Waals surface area contributed by atoms with Crippen LogP contribution in [0.5, 0.6) is 5.75 Å². The fourth-order valence-corrected chi connectivity index (χ4v) is 2.65. The van der Waals surface area contributed by atoms with Crippen LogP contribution in [0.15, 0.2) is 70.4 Å². The summed E-state index contributed by atoms with van der Waals surface area (Å²) in [5.41, 5.74) is -0.0340. The van der Waals surface area contributed by atoms with Crippen LogP contribution < -0.4 is 21.3 Å². The Morgan fingerprint density at radius 1 is 1.11 bits per heavy atom. The highest BCUT2D eigenvalue weighted by molar-refractivity contribution is 5.90. The molecule has 0 unspecified atom stereocenters. The summed E-state index contributed by atoms with van der Waals surface area (Å²) in [6, 6.07) is 13.6. The number of nitrogens with one attached hydrogen (secondary N) is 1. The van der Waals surface area contributed by atoms with Crippen molar-refractivity contribution in [3.05, 3.63) is 93.0 Å². The van der Waals surface area contributed by atoms with Crippen molar-refractivity contribution in [2.45, 2.75) is 13.1 Å². The van der Waals surface area contributed by atoms with E-state index in [1.54, 1.807) is 36.4 Å². The number of nitrogens with zero attached hydrogens (tertiary/aromatic N) is 2. The highest BCUT2D eigenvalue weighted by Gasteiger charge is 2.11. The number of anilines is 1. The van der Waals surface area contributed by atoms with E-state index in [-0.39, 0.29) is 12.4 Å². The number of halogens is 1. The van der Waals surface area contributed by atoms with Gasteiger partial charge in [-0.3, -0.25) is 18.7 Å². The van der Waals surface area contributed by atoms with Crippen molar-refractivity contribution in [1.29, 1.82) is 0 Å². The van der Waals surface area contributed by atoms with Gasteiger partial charge in [-0.05, 0) is 29.8 Å². The molecule has 7 nitrogen and oxygen atoms in total. The first kappa shape index (κ1) is 19.1. The molecule has 28 heavy (non-hydrogen) atoms. The molecule has 0 aliphatic heterocycles. The third-order valence-corrected chi connectivity index (χ3v) is 4.06. The van der Waals surface area contributed by atoms with Gasteiger partial charge in [0.1, 0.15) is 18.1 Å². The van der Waals surface area contributed by atoms with E-state index in [0.29, 0.717) is 17.0 Å². The largest absolute Gasteiger partial charge is 0.497 e. The minimum absolute atomic E-state index is 0.150. The number of amides is 1. The van der Waals surface area contributed by atoms with Gasteiger partial charge in [0.05, 0.1) is 13.7 Å². The van der Waals surface area contributed by atoms with Crippen molar-refractivity contribution in [2.24, 2.45) is 0 Å². The summed E-state index contributed by atoms with van der Waals surface area (Å²) in [7, 11) is 1.51. The molecule has 0 saturated carbocycles. The van der Waals surface area contributed by atoms with Crippen molar-refractivity contribution in [2.75, 3.05) is 12.4 Å². The Morgan fingerprint density at radius 3 is 2.57 bits per heavy atom. The Kier molecular flexibility index (Phi) is 5.69. The standard InChI is InChI=1S/C20H18FN3O4/c1-28-17-4-2-3-16(11-17)22-18(25)13-24-19(26)9-10-23(20(24)27)12-14-5-7-15(21)8-6-14/h2-11H,12-13H2,1H3,(H,22,25). The summed E-state index contributed by atoms with van der Waals surface area (Å²) in [6.07, 6.45) is 1.35. The fourth-order valence-electron chi connectivity index (χ4n) is 2.65. The lowest BCUT2D eigenvalue weighted by atomic mass is 10.2. The summed E-state index contributed by atoms with van der Waals surface area (Å²) in [5.74, 6) is -0.335. The van der Waals surface area contributed by atoms with Crippen LogP contribution in [0.3, 0.4) is 0 Å². The van der Waals surface area contributed by atoms with Gasteiger partial charge in [0.15, 0.2) is 0 Å². The number of ether oxygens (including phenoxy) is 1. The second kappa shape index (κ2) is 8.34. The van der Waals surface area contributed by atoms with Crippen LogP contribution in [-0.2, 0) is 17.9 Å². The zero-order valence-electron chi connectivity index (χ0n) is 15.1. The van der Waals surface area contributed by atoms with E-state index in [1.165, 1.54) is 36.1 Å². The Morgan fingerprint density at radius 2 is 1.86 bits per heavy atom.